The average molecular weight is 228 g/mol. The molecule has 0 unspecified atom stereocenters. The number of nitrogens with zero attached hydrogens (tertiary/aromatic N) is 1. The van der Waals surface area contributed by atoms with Crippen molar-refractivity contribution in [1.29, 1.82) is 0 Å². The fourth-order valence-electron chi connectivity index (χ4n) is 1.99. The van der Waals surface area contributed by atoms with Gasteiger partial charge < -0.3 is 10.4 Å². The Bertz CT molecular complexity index is 248. The van der Waals surface area contributed by atoms with Crippen LogP contribution >= 0.6 is 0 Å². The molecule has 0 bridgehead atoms. The minimum atomic E-state index is -1.00. The number of amides is 1. The van der Waals surface area contributed by atoms with Gasteiger partial charge in [0.25, 0.3) is 0 Å². The number of carboxylic acid groups (broad SMARTS) is 1. The van der Waals surface area contributed by atoms with Crippen molar-refractivity contribution >= 4 is 11.9 Å². The number of carbonyl (C=O) groups excluding carboxylic acids is 1. The highest BCUT2D eigenvalue weighted by molar-refractivity contribution is 5.82. The van der Waals surface area contributed by atoms with E-state index in [-0.39, 0.29) is 12.5 Å². The van der Waals surface area contributed by atoms with Crippen LogP contribution in [0.3, 0.4) is 0 Å². The number of aliphatic carboxylic acids is 1. The molecule has 92 valence electrons. The Labute approximate surface area is 95.8 Å². The maximum absolute atomic E-state index is 11.4. The highest BCUT2D eigenvalue weighted by Crippen LogP contribution is 2.19. The number of hydrogen-bond donors (Lipinski definition) is 2. The van der Waals surface area contributed by atoms with Crippen LogP contribution in [0.5, 0.6) is 0 Å². The lowest BCUT2D eigenvalue weighted by molar-refractivity contribution is -0.138. The zero-order valence-corrected chi connectivity index (χ0v) is 9.74. The first kappa shape index (κ1) is 13.0. The van der Waals surface area contributed by atoms with E-state index in [1.165, 1.54) is 6.42 Å². The SMILES string of the molecule is CCC1CCN(CC(=O)NCC(=O)O)CC1. The van der Waals surface area contributed by atoms with Crippen molar-refractivity contribution in [3.8, 4) is 0 Å². The third kappa shape index (κ3) is 4.61. The smallest absolute Gasteiger partial charge is 0.322 e. The molecular weight excluding hydrogens is 208 g/mol. The zero-order chi connectivity index (χ0) is 12.0. The van der Waals surface area contributed by atoms with Crippen LogP contribution in [-0.4, -0.2) is 48.1 Å². The Hall–Kier alpha value is -1.10. The molecule has 2 N–H and O–H groups in total. The number of carboxylic acids is 1. The molecule has 1 aliphatic heterocycles. The van der Waals surface area contributed by atoms with Gasteiger partial charge in [0.2, 0.25) is 5.91 Å². The Morgan fingerprint density at radius 1 is 1.38 bits per heavy atom. The molecule has 0 atom stereocenters. The maximum Gasteiger partial charge on any atom is 0.322 e. The normalized spacial score (nSPS) is 18.3. The van der Waals surface area contributed by atoms with Gasteiger partial charge in [0.1, 0.15) is 6.54 Å². The molecule has 1 rings (SSSR count). The summed E-state index contributed by atoms with van der Waals surface area (Å²) in [4.78, 5) is 23.7. The fraction of sp³-hybridized carbons (Fsp3) is 0.818. The van der Waals surface area contributed by atoms with Gasteiger partial charge in [0, 0.05) is 0 Å². The van der Waals surface area contributed by atoms with Crippen molar-refractivity contribution < 1.29 is 14.7 Å². The van der Waals surface area contributed by atoms with Crippen LogP contribution in [0.15, 0.2) is 0 Å². The van der Waals surface area contributed by atoms with Crippen LogP contribution in [-0.2, 0) is 9.59 Å². The molecule has 1 saturated heterocycles. The standard InChI is InChI=1S/C11H20N2O3/c1-2-9-3-5-13(6-4-9)8-10(14)12-7-11(15)16/h9H,2-8H2,1H3,(H,12,14)(H,15,16). The molecule has 16 heavy (non-hydrogen) atoms. The van der Waals surface area contributed by atoms with Gasteiger partial charge in [-0.3, -0.25) is 14.5 Å². The summed E-state index contributed by atoms with van der Waals surface area (Å²) in [5.41, 5.74) is 0. The molecule has 0 radical (unpaired) electrons. The molecule has 0 saturated carbocycles. The summed E-state index contributed by atoms with van der Waals surface area (Å²) in [7, 11) is 0. The molecule has 5 heteroatoms. The lowest BCUT2D eigenvalue weighted by Crippen LogP contribution is -2.42. The molecule has 0 aliphatic carbocycles. The maximum atomic E-state index is 11.4. The Morgan fingerprint density at radius 3 is 2.50 bits per heavy atom. The monoisotopic (exact) mass is 228 g/mol. The van der Waals surface area contributed by atoms with E-state index in [1.807, 2.05) is 0 Å². The Morgan fingerprint density at radius 2 is 2.00 bits per heavy atom. The van der Waals surface area contributed by atoms with Crippen LogP contribution < -0.4 is 5.32 Å². The van der Waals surface area contributed by atoms with E-state index in [4.69, 9.17) is 5.11 Å². The number of rotatable bonds is 5. The molecule has 1 aliphatic rings. The molecule has 1 amide bonds. The van der Waals surface area contributed by atoms with E-state index in [9.17, 15) is 9.59 Å². The van der Waals surface area contributed by atoms with Crippen molar-refractivity contribution in [2.45, 2.75) is 26.2 Å². The van der Waals surface area contributed by atoms with E-state index in [1.54, 1.807) is 0 Å². The molecule has 5 nitrogen and oxygen atoms in total. The number of hydrogen-bond acceptors (Lipinski definition) is 3. The van der Waals surface area contributed by atoms with Gasteiger partial charge >= 0.3 is 5.97 Å². The van der Waals surface area contributed by atoms with Crippen LogP contribution in [0.4, 0.5) is 0 Å². The van der Waals surface area contributed by atoms with Gasteiger partial charge in [-0.25, -0.2) is 0 Å². The summed E-state index contributed by atoms with van der Waals surface area (Å²) >= 11 is 0. The summed E-state index contributed by atoms with van der Waals surface area (Å²) < 4.78 is 0. The van der Waals surface area contributed by atoms with Crippen LogP contribution in [0.1, 0.15) is 26.2 Å². The molecule has 1 fully saturated rings. The molecular formula is C11H20N2O3. The second kappa shape index (κ2) is 6.48. The molecule has 0 aromatic carbocycles. The molecule has 0 aromatic rings. The number of carbonyl (C=O) groups is 2. The predicted octanol–water partition coefficient (Wildman–Crippen LogP) is 0.309. The predicted molar refractivity (Wildman–Crippen MR) is 60.1 cm³/mol. The fourth-order valence-corrected chi connectivity index (χ4v) is 1.99. The van der Waals surface area contributed by atoms with Gasteiger partial charge in [-0.05, 0) is 31.8 Å². The first-order valence-electron chi connectivity index (χ1n) is 5.82. The summed E-state index contributed by atoms with van der Waals surface area (Å²) in [6.07, 6.45) is 3.49. The summed E-state index contributed by atoms with van der Waals surface area (Å²) in [6.45, 7) is 4.12. The number of likely N-dealkylation sites (tertiary alicyclic amines) is 1. The topological polar surface area (TPSA) is 69.6 Å². The van der Waals surface area contributed by atoms with Gasteiger partial charge in [-0.2, -0.15) is 0 Å². The van der Waals surface area contributed by atoms with E-state index in [0.29, 0.717) is 6.54 Å². The van der Waals surface area contributed by atoms with Crippen molar-refractivity contribution in [2.24, 2.45) is 5.92 Å². The van der Waals surface area contributed by atoms with E-state index in [2.05, 4.69) is 17.1 Å². The quantitative estimate of drug-likeness (QED) is 0.710. The lowest BCUT2D eigenvalue weighted by atomic mass is 9.94. The summed E-state index contributed by atoms with van der Waals surface area (Å²) in [5, 5.41) is 10.8. The highest BCUT2D eigenvalue weighted by Gasteiger charge is 2.19. The summed E-state index contributed by atoms with van der Waals surface area (Å²) in [5.74, 6) is -0.409. The van der Waals surface area contributed by atoms with Crippen molar-refractivity contribution in [3.63, 3.8) is 0 Å². The first-order valence-corrected chi connectivity index (χ1v) is 5.82. The highest BCUT2D eigenvalue weighted by atomic mass is 16.4. The van der Waals surface area contributed by atoms with Gasteiger partial charge in [-0.1, -0.05) is 13.3 Å². The van der Waals surface area contributed by atoms with Crippen molar-refractivity contribution in [1.82, 2.24) is 10.2 Å². The van der Waals surface area contributed by atoms with Crippen molar-refractivity contribution in [3.05, 3.63) is 0 Å². The van der Waals surface area contributed by atoms with Crippen LogP contribution in [0.25, 0.3) is 0 Å². The second-order valence-corrected chi connectivity index (χ2v) is 4.30. The van der Waals surface area contributed by atoms with Crippen LogP contribution in [0, 0.1) is 5.92 Å². The first-order chi connectivity index (χ1) is 7.61. The number of piperidine rings is 1. The average Bonchev–Trinajstić information content (AvgIpc) is 2.27. The van der Waals surface area contributed by atoms with E-state index in [0.717, 1.165) is 31.8 Å². The zero-order valence-electron chi connectivity index (χ0n) is 9.74. The third-order valence-corrected chi connectivity index (χ3v) is 3.09. The van der Waals surface area contributed by atoms with E-state index < -0.39 is 5.97 Å². The summed E-state index contributed by atoms with van der Waals surface area (Å²) in [6, 6.07) is 0. The molecule has 0 aromatic heterocycles. The number of nitrogens with one attached hydrogen (secondary N) is 1. The minimum Gasteiger partial charge on any atom is -0.480 e. The second-order valence-electron chi connectivity index (χ2n) is 4.30. The Balaban J connectivity index is 2.18. The molecule has 0 spiro atoms. The largest absolute Gasteiger partial charge is 0.480 e. The van der Waals surface area contributed by atoms with Crippen molar-refractivity contribution in [2.75, 3.05) is 26.2 Å². The van der Waals surface area contributed by atoms with Gasteiger partial charge in [-0.15, -0.1) is 0 Å². The Kier molecular flexibility index (Phi) is 5.25. The van der Waals surface area contributed by atoms with Crippen LogP contribution in [0.2, 0.25) is 0 Å². The minimum absolute atomic E-state index is 0.197. The third-order valence-electron chi connectivity index (χ3n) is 3.09. The van der Waals surface area contributed by atoms with E-state index >= 15 is 0 Å². The van der Waals surface area contributed by atoms with Gasteiger partial charge in [0.15, 0.2) is 0 Å². The molecule has 1 heterocycles. The lowest BCUT2D eigenvalue weighted by Gasteiger charge is -2.30. The van der Waals surface area contributed by atoms with Gasteiger partial charge in [0.05, 0.1) is 6.54 Å².